The summed E-state index contributed by atoms with van der Waals surface area (Å²) in [6, 6.07) is 6.73. The van der Waals surface area contributed by atoms with Crippen molar-refractivity contribution in [3.05, 3.63) is 35.6 Å². The van der Waals surface area contributed by atoms with Gasteiger partial charge >= 0.3 is 0 Å². The molecule has 2 heterocycles. The van der Waals surface area contributed by atoms with Crippen LogP contribution in [0.4, 0.5) is 4.39 Å². The zero-order valence-corrected chi connectivity index (χ0v) is 14.2. The summed E-state index contributed by atoms with van der Waals surface area (Å²) in [7, 11) is 1.79. The number of hydrogen-bond donors (Lipinski definition) is 1. The highest BCUT2D eigenvalue weighted by Gasteiger charge is 2.32. The molecule has 3 rings (SSSR count). The number of morpholine rings is 1. The second-order valence-corrected chi connectivity index (χ2v) is 6.26. The highest BCUT2D eigenvalue weighted by Crippen LogP contribution is 2.21. The summed E-state index contributed by atoms with van der Waals surface area (Å²) >= 11 is 0. The summed E-state index contributed by atoms with van der Waals surface area (Å²) in [5.74, 6) is 0.683. The van der Waals surface area contributed by atoms with Gasteiger partial charge in [0.05, 0.1) is 12.7 Å². The molecule has 1 N–H and O–H groups in total. The second kappa shape index (κ2) is 8.44. The normalized spacial score (nSPS) is 25.1. The molecule has 0 saturated carbocycles. The Morgan fingerprint density at radius 3 is 2.96 bits per heavy atom. The van der Waals surface area contributed by atoms with E-state index in [1.165, 1.54) is 6.07 Å². The van der Waals surface area contributed by atoms with Crippen LogP contribution in [0.5, 0.6) is 0 Å². The van der Waals surface area contributed by atoms with Gasteiger partial charge in [-0.05, 0) is 37.0 Å². The van der Waals surface area contributed by atoms with Crippen molar-refractivity contribution in [3.63, 3.8) is 0 Å². The van der Waals surface area contributed by atoms with Crippen molar-refractivity contribution < 1.29 is 13.9 Å². The molecule has 0 amide bonds. The van der Waals surface area contributed by atoms with Crippen LogP contribution in [0.2, 0.25) is 0 Å². The number of benzene rings is 1. The molecule has 0 aliphatic carbocycles. The van der Waals surface area contributed by atoms with Crippen molar-refractivity contribution in [2.45, 2.75) is 31.5 Å². The number of nitrogens with one attached hydrogen (secondary N) is 1. The number of rotatable bonds is 4. The van der Waals surface area contributed by atoms with E-state index in [2.05, 4.69) is 15.2 Å². The molecule has 0 aromatic heterocycles. The Labute approximate surface area is 142 Å². The summed E-state index contributed by atoms with van der Waals surface area (Å²) in [5.41, 5.74) is 0.983. The number of aliphatic imine (C=N–C) groups is 1. The fourth-order valence-electron chi connectivity index (χ4n) is 3.33. The van der Waals surface area contributed by atoms with Crippen LogP contribution in [0.3, 0.4) is 0 Å². The molecular formula is C18H26FN3O2. The summed E-state index contributed by atoms with van der Waals surface area (Å²) in [6.07, 6.45) is 3.27. The Morgan fingerprint density at radius 2 is 2.21 bits per heavy atom. The van der Waals surface area contributed by atoms with E-state index in [-0.39, 0.29) is 18.0 Å². The first kappa shape index (κ1) is 17.2. The molecule has 5 nitrogen and oxygen atoms in total. The van der Waals surface area contributed by atoms with E-state index >= 15 is 0 Å². The van der Waals surface area contributed by atoms with Gasteiger partial charge in [0.2, 0.25) is 0 Å². The number of halogens is 1. The predicted molar refractivity (Wildman–Crippen MR) is 91.8 cm³/mol. The number of nitrogens with zero attached hydrogens (tertiary/aromatic N) is 2. The molecule has 2 atom stereocenters. The van der Waals surface area contributed by atoms with Gasteiger partial charge < -0.3 is 19.7 Å². The van der Waals surface area contributed by atoms with Gasteiger partial charge in [-0.1, -0.05) is 12.1 Å². The van der Waals surface area contributed by atoms with Crippen LogP contribution >= 0.6 is 0 Å². The zero-order valence-electron chi connectivity index (χ0n) is 14.2. The third-order valence-corrected chi connectivity index (χ3v) is 4.57. The lowest BCUT2D eigenvalue weighted by Crippen LogP contribution is -2.53. The number of hydrogen-bond acceptors (Lipinski definition) is 3. The Bertz CT molecular complexity index is 561. The fraction of sp³-hybridized carbons (Fsp3) is 0.611. The maximum absolute atomic E-state index is 13.2. The minimum atomic E-state index is -0.190. The molecule has 1 aromatic carbocycles. The fourth-order valence-corrected chi connectivity index (χ4v) is 3.33. The van der Waals surface area contributed by atoms with Crippen LogP contribution in [0.1, 0.15) is 18.4 Å². The van der Waals surface area contributed by atoms with Crippen molar-refractivity contribution in [2.24, 2.45) is 4.99 Å². The number of guanidine groups is 1. The monoisotopic (exact) mass is 335 g/mol. The summed E-state index contributed by atoms with van der Waals surface area (Å²) in [4.78, 5) is 6.61. The van der Waals surface area contributed by atoms with E-state index in [0.717, 1.165) is 57.0 Å². The molecular weight excluding hydrogens is 309 g/mol. The smallest absolute Gasteiger partial charge is 0.193 e. The number of ether oxygens (including phenoxy) is 2. The standard InChI is InChI=1S/C18H26FN3O2/c1-20-18(21-8-7-14-4-2-5-15(19)12-14)22-9-11-24-17(13-22)16-6-3-10-23-16/h2,4-5,12,16-17H,3,6-11,13H2,1H3,(H,20,21). The van der Waals surface area contributed by atoms with Gasteiger partial charge in [-0.25, -0.2) is 4.39 Å². The summed E-state index contributed by atoms with van der Waals surface area (Å²) in [6.45, 7) is 3.87. The molecule has 1 aromatic rings. The molecule has 132 valence electrons. The van der Waals surface area contributed by atoms with Gasteiger partial charge in [0.25, 0.3) is 0 Å². The Kier molecular flexibility index (Phi) is 6.04. The predicted octanol–water partition coefficient (Wildman–Crippen LogP) is 1.82. The Morgan fingerprint density at radius 1 is 1.33 bits per heavy atom. The van der Waals surface area contributed by atoms with Gasteiger partial charge in [-0.2, -0.15) is 0 Å². The molecule has 0 radical (unpaired) electrons. The molecule has 0 bridgehead atoms. The molecule has 2 aliphatic heterocycles. The van der Waals surface area contributed by atoms with E-state index < -0.39 is 0 Å². The molecule has 2 unspecified atom stereocenters. The second-order valence-electron chi connectivity index (χ2n) is 6.26. The summed E-state index contributed by atoms with van der Waals surface area (Å²) < 4.78 is 24.9. The largest absolute Gasteiger partial charge is 0.375 e. The lowest BCUT2D eigenvalue weighted by molar-refractivity contribution is -0.0816. The molecule has 2 saturated heterocycles. The molecule has 0 spiro atoms. The maximum atomic E-state index is 13.2. The highest BCUT2D eigenvalue weighted by atomic mass is 19.1. The molecule has 6 heteroatoms. The Hall–Kier alpha value is -1.66. The van der Waals surface area contributed by atoms with Crippen LogP contribution in [-0.2, 0) is 15.9 Å². The van der Waals surface area contributed by atoms with Crippen LogP contribution in [-0.4, -0.2) is 63.0 Å². The Balaban J connectivity index is 1.50. The summed E-state index contributed by atoms with van der Waals surface area (Å²) in [5, 5.41) is 3.38. The third-order valence-electron chi connectivity index (χ3n) is 4.57. The van der Waals surface area contributed by atoms with Gasteiger partial charge in [0, 0.05) is 33.3 Å². The van der Waals surface area contributed by atoms with Gasteiger partial charge in [-0.15, -0.1) is 0 Å². The van der Waals surface area contributed by atoms with Crippen LogP contribution in [0.25, 0.3) is 0 Å². The van der Waals surface area contributed by atoms with E-state index in [1.54, 1.807) is 19.2 Å². The first-order chi connectivity index (χ1) is 11.8. The zero-order chi connectivity index (χ0) is 16.8. The van der Waals surface area contributed by atoms with Crippen molar-refractivity contribution in [1.29, 1.82) is 0 Å². The van der Waals surface area contributed by atoms with Crippen LogP contribution < -0.4 is 5.32 Å². The van der Waals surface area contributed by atoms with Crippen LogP contribution in [0.15, 0.2) is 29.3 Å². The van der Waals surface area contributed by atoms with E-state index in [1.807, 2.05) is 6.07 Å². The molecule has 2 aliphatic rings. The maximum Gasteiger partial charge on any atom is 0.193 e. The average molecular weight is 335 g/mol. The van der Waals surface area contributed by atoms with Crippen LogP contribution in [0, 0.1) is 5.82 Å². The van der Waals surface area contributed by atoms with E-state index in [9.17, 15) is 4.39 Å². The van der Waals surface area contributed by atoms with Gasteiger partial charge in [-0.3, -0.25) is 4.99 Å². The highest BCUT2D eigenvalue weighted by molar-refractivity contribution is 5.80. The minimum Gasteiger partial charge on any atom is -0.375 e. The minimum absolute atomic E-state index is 0.114. The first-order valence-corrected chi connectivity index (χ1v) is 8.69. The first-order valence-electron chi connectivity index (χ1n) is 8.69. The van der Waals surface area contributed by atoms with Gasteiger partial charge in [0.15, 0.2) is 5.96 Å². The average Bonchev–Trinajstić information content (AvgIpc) is 3.14. The van der Waals surface area contributed by atoms with Crippen molar-refractivity contribution in [1.82, 2.24) is 10.2 Å². The van der Waals surface area contributed by atoms with Crippen molar-refractivity contribution in [2.75, 3.05) is 39.9 Å². The van der Waals surface area contributed by atoms with Crippen molar-refractivity contribution >= 4 is 5.96 Å². The van der Waals surface area contributed by atoms with Crippen molar-refractivity contribution in [3.8, 4) is 0 Å². The quantitative estimate of drug-likeness (QED) is 0.673. The lowest BCUT2D eigenvalue weighted by Gasteiger charge is -2.37. The molecule has 2 fully saturated rings. The van der Waals surface area contributed by atoms with Gasteiger partial charge in [0.1, 0.15) is 11.9 Å². The SMILES string of the molecule is CN=C(NCCc1cccc(F)c1)N1CCOC(C2CCCO2)C1. The van der Waals surface area contributed by atoms with E-state index in [4.69, 9.17) is 9.47 Å². The third kappa shape index (κ3) is 4.45. The topological polar surface area (TPSA) is 46.1 Å². The van der Waals surface area contributed by atoms with E-state index in [0.29, 0.717) is 6.61 Å². The lowest BCUT2D eigenvalue weighted by atomic mass is 10.1. The molecule has 24 heavy (non-hydrogen) atoms.